The minimum absolute atomic E-state index is 0.0422. The predicted molar refractivity (Wildman–Crippen MR) is 144 cm³/mol. The number of rotatable bonds is 9. The molecule has 1 aliphatic rings. The molecule has 0 aliphatic carbocycles. The van der Waals surface area contributed by atoms with E-state index < -0.39 is 51.4 Å². The van der Waals surface area contributed by atoms with Gasteiger partial charge in [0.15, 0.2) is 0 Å². The number of nitrogens with zero attached hydrogens (tertiary/aromatic N) is 1. The summed E-state index contributed by atoms with van der Waals surface area (Å²) in [5, 5.41) is 3.02. The number of sulfonamides is 1. The van der Waals surface area contributed by atoms with Crippen LogP contribution in [0.15, 0.2) is 36.4 Å². The van der Waals surface area contributed by atoms with E-state index in [1.165, 1.54) is 0 Å². The molecule has 228 valence electrons. The number of benzene rings is 2. The van der Waals surface area contributed by atoms with E-state index in [1.54, 1.807) is 32.0 Å². The second-order valence-electron chi connectivity index (χ2n) is 10.6. The molecule has 2 aromatic carbocycles. The smallest absolute Gasteiger partial charge is 0.351 e. The van der Waals surface area contributed by atoms with Gasteiger partial charge in [0, 0.05) is 17.6 Å². The first-order valence-electron chi connectivity index (χ1n) is 12.8. The molecular formula is C27H32ClF6N3O3S. The highest BCUT2D eigenvalue weighted by atomic mass is 35.5. The Balaban J connectivity index is 1.81. The lowest BCUT2D eigenvalue weighted by atomic mass is 9.77. The van der Waals surface area contributed by atoms with Crippen LogP contribution >= 0.6 is 11.6 Å². The molecule has 0 bridgehead atoms. The van der Waals surface area contributed by atoms with Gasteiger partial charge in [0.1, 0.15) is 0 Å². The van der Waals surface area contributed by atoms with Crippen molar-refractivity contribution < 1.29 is 39.6 Å². The van der Waals surface area contributed by atoms with Crippen molar-refractivity contribution in [1.82, 2.24) is 14.9 Å². The van der Waals surface area contributed by atoms with Gasteiger partial charge in [-0.1, -0.05) is 23.7 Å². The topological polar surface area (TPSA) is 78.5 Å². The number of piperidine rings is 1. The molecule has 3 rings (SSSR count). The van der Waals surface area contributed by atoms with Gasteiger partial charge in [-0.25, -0.2) is 13.1 Å². The molecule has 14 heteroatoms. The predicted octanol–water partition coefficient (Wildman–Crippen LogP) is 5.66. The summed E-state index contributed by atoms with van der Waals surface area (Å²) in [5.74, 6) is -0.571. The summed E-state index contributed by atoms with van der Waals surface area (Å²) in [4.78, 5) is 15.7. The van der Waals surface area contributed by atoms with E-state index in [0.717, 1.165) is 6.26 Å². The van der Waals surface area contributed by atoms with E-state index in [1.807, 2.05) is 0 Å². The fourth-order valence-electron chi connectivity index (χ4n) is 4.83. The van der Waals surface area contributed by atoms with Crippen molar-refractivity contribution in [1.29, 1.82) is 0 Å². The quantitative estimate of drug-likeness (QED) is 0.352. The van der Waals surface area contributed by atoms with Crippen molar-refractivity contribution in [3.8, 4) is 0 Å². The van der Waals surface area contributed by atoms with Crippen LogP contribution in [0.2, 0.25) is 5.02 Å². The first-order valence-corrected chi connectivity index (χ1v) is 15.1. The molecule has 0 aromatic heterocycles. The van der Waals surface area contributed by atoms with E-state index >= 15 is 0 Å². The molecule has 2 N–H and O–H groups in total. The Labute approximate surface area is 240 Å². The zero-order valence-electron chi connectivity index (χ0n) is 22.7. The molecule has 1 aliphatic heterocycles. The van der Waals surface area contributed by atoms with Crippen LogP contribution in [-0.4, -0.2) is 51.2 Å². The number of amides is 1. The van der Waals surface area contributed by atoms with Crippen molar-refractivity contribution >= 4 is 27.5 Å². The van der Waals surface area contributed by atoms with Gasteiger partial charge in [0.25, 0.3) is 0 Å². The molecule has 1 heterocycles. The molecular weight excluding hydrogens is 596 g/mol. The molecule has 1 saturated heterocycles. The number of nitrogens with one attached hydrogen (secondary N) is 2. The molecule has 1 atom stereocenters. The fraction of sp³-hybridized carbons (Fsp3) is 0.519. The summed E-state index contributed by atoms with van der Waals surface area (Å²) in [6.45, 7) is 4.47. The van der Waals surface area contributed by atoms with Crippen LogP contribution in [0, 0.1) is 6.92 Å². The highest BCUT2D eigenvalue weighted by molar-refractivity contribution is 7.88. The molecule has 0 spiro atoms. The van der Waals surface area contributed by atoms with E-state index in [2.05, 4.69) is 14.9 Å². The number of carbonyl (C=O) groups is 1. The summed E-state index contributed by atoms with van der Waals surface area (Å²) in [7, 11) is -3.34. The van der Waals surface area contributed by atoms with Gasteiger partial charge in [-0.15, -0.1) is 0 Å². The van der Waals surface area contributed by atoms with Crippen molar-refractivity contribution in [2.45, 2.75) is 63.5 Å². The highest BCUT2D eigenvalue weighted by Gasteiger charge is 2.38. The van der Waals surface area contributed by atoms with Crippen LogP contribution in [0.1, 0.15) is 54.0 Å². The number of hydrogen-bond donors (Lipinski definition) is 2. The van der Waals surface area contributed by atoms with Crippen LogP contribution in [0.25, 0.3) is 0 Å². The molecule has 41 heavy (non-hydrogen) atoms. The van der Waals surface area contributed by atoms with Crippen molar-refractivity contribution in [2.24, 2.45) is 0 Å². The Hall–Kier alpha value is -2.35. The Kier molecular flexibility index (Phi) is 10.1. The van der Waals surface area contributed by atoms with Crippen molar-refractivity contribution in [3.63, 3.8) is 0 Å². The van der Waals surface area contributed by atoms with Gasteiger partial charge in [0.05, 0.1) is 22.8 Å². The molecule has 1 amide bonds. The fourth-order valence-corrected chi connectivity index (χ4v) is 5.79. The van der Waals surface area contributed by atoms with Crippen LogP contribution < -0.4 is 10.0 Å². The van der Waals surface area contributed by atoms with E-state index in [-0.39, 0.29) is 24.1 Å². The molecule has 2 aromatic rings. The molecule has 0 saturated carbocycles. The second kappa shape index (κ2) is 12.5. The number of carbonyl (C=O) groups excluding carboxylic acids is 1. The van der Waals surface area contributed by atoms with Gasteiger partial charge in [-0.2, -0.15) is 26.3 Å². The summed E-state index contributed by atoms with van der Waals surface area (Å²) in [6.07, 6.45) is -7.47. The SMILES string of the molecule is Cc1cc(C(C)(CCN2CCC(NS(C)(=O)=O)CC2)C(=O)NCc2cc(C(F)(F)F)cc(C(F)(F)F)c2)ccc1Cl. The Morgan fingerprint density at radius 3 is 2.02 bits per heavy atom. The normalized spacial score (nSPS) is 17.3. The minimum atomic E-state index is -5.00. The lowest BCUT2D eigenvalue weighted by Crippen LogP contribution is -2.47. The van der Waals surface area contributed by atoms with E-state index in [0.29, 0.717) is 60.8 Å². The molecule has 1 unspecified atom stereocenters. The first-order chi connectivity index (χ1) is 18.8. The van der Waals surface area contributed by atoms with Crippen LogP contribution in [0.4, 0.5) is 26.3 Å². The lowest BCUT2D eigenvalue weighted by Gasteiger charge is -2.35. The van der Waals surface area contributed by atoms with Crippen LogP contribution in [0.3, 0.4) is 0 Å². The van der Waals surface area contributed by atoms with Crippen LogP contribution in [0.5, 0.6) is 0 Å². The average molecular weight is 628 g/mol. The Bertz CT molecular complexity index is 1330. The Morgan fingerprint density at radius 2 is 1.54 bits per heavy atom. The third-order valence-electron chi connectivity index (χ3n) is 7.29. The zero-order chi connectivity index (χ0) is 30.8. The van der Waals surface area contributed by atoms with Crippen molar-refractivity contribution in [2.75, 3.05) is 25.9 Å². The van der Waals surface area contributed by atoms with E-state index in [9.17, 15) is 39.6 Å². The van der Waals surface area contributed by atoms with Crippen molar-refractivity contribution in [3.05, 3.63) is 69.2 Å². The molecule has 1 fully saturated rings. The van der Waals surface area contributed by atoms with Gasteiger partial charge in [-0.3, -0.25) is 4.79 Å². The van der Waals surface area contributed by atoms with Gasteiger partial charge >= 0.3 is 12.4 Å². The number of aryl methyl sites for hydroxylation is 1. The summed E-state index contributed by atoms with van der Waals surface area (Å²) >= 11 is 6.17. The largest absolute Gasteiger partial charge is 0.416 e. The molecule has 0 radical (unpaired) electrons. The number of likely N-dealkylation sites (tertiary alicyclic amines) is 1. The minimum Gasteiger partial charge on any atom is -0.351 e. The van der Waals surface area contributed by atoms with Gasteiger partial charge in [0.2, 0.25) is 15.9 Å². The maximum absolute atomic E-state index is 13.6. The maximum atomic E-state index is 13.6. The van der Waals surface area contributed by atoms with Gasteiger partial charge < -0.3 is 10.2 Å². The van der Waals surface area contributed by atoms with Gasteiger partial charge in [-0.05, 0) is 93.7 Å². The Morgan fingerprint density at radius 1 is 0.976 bits per heavy atom. The monoisotopic (exact) mass is 627 g/mol. The number of hydrogen-bond acceptors (Lipinski definition) is 4. The summed E-state index contributed by atoms with van der Waals surface area (Å²) < 4.78 is 105. The maximum Gasteiger partial charge on any atom is 0.416 e. The number of alkyl halides is 6. The standard InChI is InChI=1S/C27H32ClF6N3O3S/c1-17-12-19(4-5-23(17)28)25(2,8-11-37-9-6-22(7-10-37)36-41(3,39)40)24(38)35-16-18-13-20(26(29,30)31)15-21(14-18)27(32,33)34/h4-5,12-15,22,36H,6-11,16H2,1-3H3,(H,35,38). The number of halogens is 7. The van der Waals surface area contributed by atoms with Crippen LogP contribution in [-0.2, 0) is 39.1 Å². The third-order valence-corrected chi connectivity index (χ3v) is 8.48. The first kappa shape index (κ1) is 33.2. The average Bonchev–Trinajstić information content (AvgIpc) is 2.86. The lowest BCUT2D eigenvalue weighted by molar-refractivity contribution is -0.143. The second-order valence-corrected chi connectivity index (χ2v) is 12.8. The summed E-state index contributed by atoms with van der Waals surface area (Å²) in [6, 6.07) is 6.06. The van der Waals surface area contributed by atoms with E-state index in [4.69, 9.17) is 11.6 Å². The summed E-state index contributed by atoms with van der Waals surface area (Å²) in [5.41, 5.74) is -3.17. The highest BCUT2D eigenvalue weighted by Crippen LogP contribution is 2.37. The zero-order valence-corrected chi connectivity index (χ0v) is 24.3. The third kappa shape index (κ3) is 9.07. The molecule has 6 nitrogen and oxygen atoms in total.